The molecule has 2 N–H and O–H groups in total. The molecule has 0 aliphatic rings. The molecule has 0 radical (unpaired) electrons. The summed E-state index contributed by atoms with van der Waals surface area (Å²) >= 11 is 0. The third-order valence-electron chi connectivity index (χ3n) is 3.08. The van der Waals surface area contributed by atoms with Crippen LogP contribution in [0.4, 0.5) is 4.39 Å². The molecule has 0 saturated carbocycles. The van der Waals surface area contributed by atoms with E-state index in [9.17, 15) is 4.39 Å². The van der Waals surface area contributed by atoms with E-state index in [1.165, 1.54) is 11.6 Å². The predicted molar refractivity (Wildman–Crippen MR) is 74.7 cm³/mol. The molecule has 2 aromatic carbocycles. The zero-order chi connectivity index (χ0) is 13.8. The minimum Gasteiger partial charge on any atom is -0.492 e. The number of halogens is 1. The molecule has 3 heteroatoms. The monoisotopic (exact) mass is 259 g/mol. The summed E-state index contributed by atoms with van der Waals surface area (Å²) in [6.07, 6.45) is 0. The number of aryl methyl sites for hydroxylation is 2. The summed E-state index contributed by atoms with van der Waals surface area (Å²) in [5, 5.41) is 0. The van der Waals surface area contributed by atoms with Gasteiger partial charge in [0.25, 0.3) is 0 Å². The van der Waals surface area contributed by atoms with Crippen LogP contribution in [-0.4, -0.2) is 6.61 Å². The second-order valence-corrected chi connectivity index (χ2v) is 4.74. The van der Waals surface area contributed by atoms with Gasteiger partial charge in [-0.15, -0.1) is 0 Å². The Morgan fingerprint density at radius 3 is 2.42 bits per heavy atom. The van der Waals surface area contributed by atoms with Crippen LogP contribution in [0.3, 0.4) is 0 Å². The fourth-order valence-corrected chi connectivity index (χ4v) is 1.76. The molecule has 19 heavy (non-hydrogen) atoms. The highest BCUT2D eigenvalue weighted by atomic mass is 19.1. The average Bonchev–Trinajstić information content (AvgIpc) is 2.40. The number of nitrogens with two attached hydrogens (primary N) is 1. The largest absolute Gasteiger partial charge is 0.492 e. The van der Waals surface area contributed by atoms with Gasteiger partial charge in [0.15, 0.2) is 0 Å². The molecule has 0 spiro atoms. The number of rotatable bonds is 4. The van der Waals surface area contributed by atoms with Crippen LogP contribution in [0, 0.1) is 19.7 Å². The van der Waals surface area contributed by atoms with Crippen LogP contribution in [0.2, 0.25) is 0 Å². The molecule has 1 atom stereocenters. The van der Waals surface area contributed by atoms with Crippen molar-refractivity contribution in [1.29, 1.82) is 0 Å². The molecule has 2 nitrogen and oxygen atoms in total. The van der Waals surface area contributed by atoms with Gasteiger partial charge in [0.2, 0.25) is 0 Å². The van der Waals surface area contributed by atoms with E-state index in [1.54, 1.807) is 19.1 Å². The van der Waals surface area contributed by atoms with Crippen molar-refractivity contribution < 1.29 is 9.13 Å². The van der Waals surface area contributed by atoms with Gasteiger partial charge in [-0.3, -0.25) is 0 Å². The summed E-state index contributed by atoms with van der Waals surface area (Å²) in [7, 11) is 0. The van der Waals surface area contributed by atoms with Gasteiger partial charge in [0.05, 0.1) is 6.04 Å². The van der Waals surface area contributed by atoms with E-state index in [0.29, 0.717) is 17.9 Å². The second kappa shape index (κ2) is 5.85. The van der Waals surface area contributed by atoms with Gasteiger partial charge in [0.1, 0.15) is 18.2 Å². The van der Waals surface area contributed by atoms with Gasteiger partial charge >= 0.3 is 0 Å². The lowest BCUT2D eigenvalue weighted by atomic mass is 10.1. The molecular formula is C16H18FNO. The van der Waals surface area contributed by atoms with Crippen molar-refractivity contribution in [2.24, 2.45) is 5.73 Å². The molecule has 2 rings (SSSR count). The molecule has 2 aromatic rings. The first-order chi connectivity index (χ1) is 9.06. The van der Waals surface area contributed by atoms with Gasteiger partial charge < -0.3 is 10.5 Å². The smallest absolute Gasteiger partial charge is 0.129 e. The number of ether oxygens (including phenoxy) is 1. The minimum atomic E-state index is -0.263. The highest BCUT2D eigenvalue weighted by Gasteiger charge is 2.07. The molecule has 0 bridgehead atoms. The van der Waals surface area contributed by atoms with E-state index in [2.05, 4.69) is 0 Å². The number of hydrogen-bond acceptors (Lipinski definition) is 2. The zero-order valence-electron chi connectivity index (χ0n) is 11.2. The highest BCUT2D eigenvalue weighted by Crippen LogP contribution is 2.18. The van der Waals surface area contributed by atoms with Crippen LogP contribution in [0.25, 0.3) is 0 Å². The van der Waals surface area contributed by atoms with E-state index in [-0.39, 0.29) is 11.9 Å². The summed E-state index contributed by atoms with van der Waals surface area (Å²) in [5.74, 6) is 0.243. The van der Waals surface area contributed by atoms with Crippen LogP contribution < -0.4 is 10.5 Å². The van der Waals surface area contributed by atoms with Gasteiger partial charge in [-0.25, -0.2) is 4.39 Å². The first-order valence-electron chi connectivity index (χ1n) is 6.27. The predicted octanol–water partition coefficient (Wildman–Crippen LogP) is 3.52. The molecule has 0 heterocycles. The zero-order valence-corrected chi connectivity index (χ0v) is 11.2. The fourth-order valence-electron chi connectivity index (χ4n) is 1.76. The third-order valence-corrected chi connectivity index (χ3v) is 3.08. The third kappa shape index (κ3) is 3.55. The van der Waals surface area contributed by atoms with Gasteiger partial charge in [0, 0.05) is 6.07 Å². The standard InChI is InChI=1S/C16H18FNO/c1-11-3-6-13(7-4-11)16(18)10-19-14-8-5-12(2)15(17)9-14/h3-9,16H,10,18H2,1-2H3. The molecule has 0 fully saturated rings. The molecule has 0 amide bonds. The topological polar surface area (TPSA) is 35.2 Å². The molecule has 0 aliphatic heterocycles. The van der Waals surface area contributed by atoms with E-state index < -0.39 is 0 Å². The molecular weight excluding hydrogens is 241 g/mol. The van der Waals surface area contributed by atoms with Crippen molar-refractivity contribution in [2.45, 2.75) is 19.9 Å². The first-order valence-corrected chi connectivity index (χ1v) is 6.27. The van der Waals surface area contributed by atoms with Gasteiger partial charge in [-0.05, 0) is 31.0 Å². The average molecular weight is 259 g/mol. The molecule has 1 unspecified atom stereocenters. The Kier molecular flexibility index (Phi) is 4.17. The molecule has 100 valence electrons. The Balaban J connectivity index is 1.98. The maximum absolute atomic E-state index is 13.4. The number of benzene rings is 2. The Morgan fingerprint density at radius 2 is 1.79 bits per heavy atom. The summed E-state index contributed by atoms with van der Waals surface area (Å²) in [5.41, 5.74) is 8.85. The molecule has 0 saturated heterocycles. The van der Waals surface area contributed by atoms with E-state index in [1.807, 2.05) is 31.2 Å². The summed E-state index contributed by atoms with van der Waals surface area (Å²) in [4.78, 5) is 0. The first kappa shape index (κ1) is 13.6. The maximum Gasteiger partial charge on any atom is 0.129 e. The lowest BCUT2D eigenvalue weighted by Crippen LogP contribution is -2.19. The number of hydrogen-bond donors (Lipinski definition) is 1. The van der Waals surface area contributed by atoms with Gasteiger partial charge in [-0.2, -0.15) is 0 Å². The van der Waals surface area contributed by atoms with Crippen molar-refractivity contribution in [3.05, 3.63) is 65.0 Å². The molecule has 0 aromatic heterocycles. The van der Waals surface area contributed by atoms with Crippen LogP contribution >= 0.6 is 0 Å². The highest BCUT2D eigenvalue weighted by molar-refractivity contribution is 5.28. The van der Waals surface area contributed by atoms with Crippen LogP contribution in [0.15, 0.2) is 42.5 Å². The Hall–Kier alpha value is -1.87. The summed E-state index contributed by atoms with van der Waals surface area (Å²) in [6, 6.07) is 12.6. The normalized spacial score (nSPS) is 12.2. The molecule has 0 aliphatic carbocycles. The quantitative estimate of drug-likeness (QED) is 0.911. The lowest BCUT2D eigenvalue weighted by Gasteiger charge is -2.14. The second-order valence-electron chi connectivity index (χ2n) is 4.74. The van der Waals surface area contributed by atoms with Gasteiger partial charge in [-0.1, -0.05) is 35.9 Å². The van der Waals surface area contributed by atoms with Crippen molar-refractivity contribution in [2.75, 3.05) is 6.61 Å². The SMILES string of the molecule is Cc1ccc(C(N)COc2ccc(C)c(F)c2)cc1. The summed E-state index contributed by atoms with van der Waals surface area (Å²) < 4.78 is 18.9. The van der Waals surface area contributed by atoms with E-state index >= 15 is 0 Å². The Morgan fingerprint density at radius 1 is 1.11 bits per heavy atom. The van der Waals surface area contributed by atoms with E-state index in [4.69, 9.17) is 10.5 Å². The Labute approximate surface area is 113 Å². The van der Waals surface area contributed by atoms with Crippen LogP contribution in [-0.2, 0) is 0 Å². The Bertz CT molecular complexity index is 551. The maximum atomic E-state index is 13.4. The van der Waals surface area contributed by atoms with Crippen molar-refractivity contribution in [1.82, 2.24) is 0 Å². The fraction of sp³-hybridized carbons (Fsp3) is 0.250. The lowest BCUT2D eigenvalue weighted by molar-refractivity contribution is 0.289. The van der Waals surface area contributed by atoms with Crippen LogP contribution in [0.5, 0.6) is 5.75 Å². The van der Waals surface area contributed by atoms with Crippen molar-refractivity contribution in [3.63, 3.8) is 0 Å². The summed E-state index contributed by atoms with van der Waals surface area (Å²) in [6.45, 7) is 4.07. The van der Waals surface area contributed by atoms with Crippen molar-refractivity contribution >= 4 is 0 Å². The van der Waals surface area contributed by atoms with Crippen LogP contribution in [0.1, 0.15) is 22.7 Å². The van der Waals surface area contributed by atoms with E-state index in [0.717, 1.165) is 5.56 Å². The minimum absolute atomic E-state index is 0.218. The van der Waals surface area contributed by atoms with Crippen molar-refractivity contribution in [3.8, 4) is 5.75 Å².